The molecule has 0 bridgehead atoms. The van der Waals surface area contributed by atoms with Crippen molar-refractivity contribution in [1.82, 2.24) is 14.9 Å². The first-order valence-electron chi connectivity index (χ1n) is 9.89. The molecule has 0 unspecified atom stereocenters. The molecule has 1 aliphatic carbocycles. The van der Waals surface area contributed by atoms with E-state index >= 15 is 0 Å². The molecule has 1 aliphatic heterocycles. The first-order valence-corrected chi connectivity index (χ1v) is 9.89. The van der Waals surface area contributed by atoms with Crippen molar-refractivity contribution in [3.05, 3.63) is 6.07 Å². The molecule has 162 valence electrons. The van der Waals surface area contributed by atoms with Crippen LogP contribution in [0.3, 0.4) is 0 Å². The van der Waals surface area contributed by atoms with E-state index in [0.29, 0.717) is 43.6 Å². The summed E-state index contributed by atoms with van der Waals surface area (Å²) < 4.78 is 37.9. The van der Waals surface area contributed by atoms with Gasteiger partial charge in [0.1, 0.15) is 17.5 Å². The van der Waals surface area contributed by atoms with Crippen LogP contribution < -0.4 is 15.4 Å². The van der Waals surface area contributed by atoms with E-state index in [9.17, 15) is 13.6 Å². The maximum atomic E-state index is 13.3. The number of nitrogens with zero attached hydrogens (tertiary/aromatic N) is 3. The molecule has 29 heavy (non-hydrogen) atoms. The van der Waals surface area contributed by atoms with Gasteiger partial charge < -0.3 is 25.0 Å². The van der Waals surface area contributed by atoms with Crippen LogP contribution in [-0.2, 0) is 4.74 Å². The minimum atomic E-state index is -2.57. The fourth-order valence-corrected chi connectivity index (χ4v) is 3.22. The van der Waals surface area contributed by atoms with E-state index in [1.807, 2.05) is 20.8 Å². The van der Waals surface area contributed by atoms with Gasteiger partial charge in [0.15, 0.2) is 0 Å². The molecule has 2 aliphatic rings. The van der Waals surface area contributed by atoms with E-state index in [4.69, 9.17) is 9.47 Å². The molecule has 1 saturated heterocycles. The number of alkyl halides is 2. The summed E-state index contributed by atoms with van der Waals surface area (Å²) in [5.41, 5.74) is -0.541. The SMILES string of the molecule is CNc1nc(NC2CCC(F)(F)CC2)cc(OC2CN(C(=O)OC(C)(C)C)C2)n1. The molecule has 0 aromatic carbocycles. The zero-order chi connectivity index (χ0) is 21.2. The molecule has 0 atom stereocenters. The molecule has 2 fully saturated rings. The highest BCUT2D eigenvalue weighted by molar-refractivity contribution is 5.69. The van der Waals surface area contributed by atoms with Crippen LogP contribution in [0.5, 0.6) is 5.88 Å². The van der Waals surface area contributed by atoms with Gasteiger partial charge in [-0.2, -0.15) is 9.97 Å². The number of anilines is 2. The quantitative estimate of drug-likeness (QED) is 0.764. The van der Waals surface area contributed by atoms with Crippen LogP contribution in [0.2, 0.25) is 0 Å². The van der Waals surface area contributed by atoms with Gasteiger partial charge in [0.05, 0.1) is 13.1 Å². The summed E-state index contributed by atoms with van der Waals surface area (Å²) in [6.07, 6.45) is -0.0394. The minimum Gasteiger partial charge on any atom is -0.470 e. The zero-order valence-corrected chi connectivity index (χ0v) is 17.3. The predicted octanol–water partition coefficient (Wildman–Crippen LogP) is 3.51. The summed E-state index contributed by atoms with van der Waals surface area (Å²) in [6, 6.07) is 1.59. The second-order valence-electron chi connectivity index (χ2n) is 8.56. The first kappa shape index (κ1) is 21.3. The van der Waals surface area contributed by atoms with Crippen LogP contribution in [0.1, 0.15) is 46.5 Å². The van der Waals surface area contributed by atoms with Crippen LogP contribution in [0.4, 0.5) is 25.3 Å². The zero-order valence-electron chi connectivity index (χ0n) is 17.3. The highest BCUT2D eigenvalue weighted by Crippen LogP contribution is 2.34. The highest BCUT2D eigenvalue weighted by Gasteiger charge is 2.36. The molecule has 1 saturated carbocycles. The number of halogens is 2. The number of hydrogen-bond donors (Lipinski definition) is 2. The van der Waals surface area contributed by atoms with Gasteiger partial charge in [-0.05, 0) is 33.6 Å². The molecule has 0 spiro atoms. The van der Waals surface area contributed by atoms with Gasteiger partial charge >= 0.3 is 6.09 Å². The molecule has 1 aromatic rings. The molecule has 8 nitrogen and oxygen atoms in total. The smallest absolute Gasteiger partial charge is 0.410 e. The summed E-state index contributed by atoms with van der Waals surface area (Å²) in [5.74, 6) is -1.31. The van der Waals surface area contributed by atoms with Crippen molar-refractivity contribution >= 4 is 17.9 Å². The normalized spacial score (nSPS) is 20.0. The molecule has 10 heteroatoms. The van der Waals surface area contributed by atoms with Crippen molar-refractivity contribution in [2.24, 2.45) is 0 Å². The number of ether oxygens (including phenoxy) is 2. The molecule has 2 N–H and O–H groups in total. The first-order chi connectivity index (χ1) is 13.5. The van der Waals surface area contributed by atoms with Crippen LogP contribution in [0, 0.1) is 0 Å². The predicted molar refractivity (Wildman–Crippen MR) is 105 cm³/mol. The second kappa shape index (κ2) is 8.16. The lowest BCUT2D eigenvalue weighted by Gasteiger charge is -2.39. The van der Waals surface area contributed by atoms with Crippen molar-refractivity contribution in [2.75, 3.05) is 30.8 Å². The van der Waals surface area contributed by atoms with E-state index in [2.05, 4.69) is 20.6 Å². The van der Waals surface area contributed by atoms with Crippen LogP contribution in [0.15, 0.2) is 6.07 Å². The lowest BCUT2D eigenvalue weighted by molar-refractivity contribution is -0.0361. The van der Waals surface area contributed by atoms with Crippen molar-refractivity contribution in [2.45, 2.75) is 70.1 Å². The molecule has 1 aromatic heterocycles. The standard InChI is InChI=1S/C19H29F2N5O3/c1-18(2,3)29-17(27)26-10-13(11-26)28-15-9-14(24-16(22-4)25-15)23-12-5-7-19(20,21)8-6-12/h9,12-13H,5-8,10-11H2,1-4H3,(H2,22,23,24,25). The number of amides is 1. The van der Waals surface area contributed by atoms with Gasteiger partial charge in [-0.1, -0.05) is 0 Å². The summed E-state index contributed by atoms with van der Waals surface area (Å²) in [5, 5.41) is 6.08. The Morgan fingerprint density at radius 1 is 1.24 bits per heavy atom. The van der Waals surface area contributed by atoms with Gasteiger partial charge in [-0.15, -0.1) is 0 Å². The number of carbonyl (C=O) groups is 1. The minimum absolute atomic E-state index is 0.0616. The van der Waals surface area contributed by atoms with Crippen LogP contribution >= 0.6 is 0 Å². The Labute approximate surface area is 169 Å². The number of hydrogen-bond acceptors (Lipinski definition) is 7. The number of aromatic nitrogens is 2. The van der Waals surface area contributed by atoms with Crippen LogP contribution in [-0.4, -0.2) is 64.8 Å². The average Bonchev–Trinajstić information content (AvgIpc) is 2.57. The van der Waals surface area contributed by atoms with Crippen LogP contribution in [0.25, 0.3) is 0 Å². The van der Waals surface area contributed by atoms with Crippen molar-refractivity contribution < 1.29 is 23.0 Å². The van der Waals surface area contributed by atoms with Gasteiger partial charge in [0.25, 0.3) is 0 Å². The number of rotatable bonds is 5. The van der Waals surface area contributed by atoms with E-state index in [-0.39, 0.29) is 31.1 Å². The third kappa shape index (κ3) is 6.04. The van der Waals surface area contributed by atoms with Crippen molar-refractivity contribution in [3.8, 4) is 5.88 Å². The Morgan fingerprint density at radius 3 is 2.48 bits per heavy atom. The Kier molecular flexibility index (Phi) is 6.00. The molecular weight excluding hydrogens is 384 g/mol. The largest absolute Gasteiger partial charge is 0.470 e. The monoisotopic (exact) mass is 413 g/mol. The van der Waals surface area contributed by atoms with E-state index in [1.165, 1.54) is 0 Å². The van der Waals surface area contributed by atoms with E-state index < -0.39 is 11.5 Å². The molecule has 0 radical (unpaired) electrons. The highest BCUT2D eigenvalue weighted by atomic mass is 19.3. The maximum absolute atomic E-state index is 13.3. The molecular formula is C19H29F2N5O3. The Balaban J connectivity index is 1.55. The van der Waals surface area contributed by atoms with Gasteiger partial charge in [0, 0.05) is 32.0 Å². The Hall–Kier alpha value is -2.39. The second-order valence-corrected chi connectivity index (χ2v) is 8.56. The molecule has 1 amide bonds. The lowest BCUT2D eigenvalue weighted by Crippen LogP contribution is -2.57. The van der Waals surface area contributed by atoms with Crippen molar-refractivity contribution in [3.63, 3.8) is 0 Å². The van der Waals surface area contributed by atoms with Crippen molar-refractivity contribution in [1.29, 1.82) is 0 Å². The van der Waals surface area contributed by atoms with Gasteiger partial charge in [-0.3, -0.25) is 0 Å². The van der Waals surface area contributed by atoms with E-state index in [0.717, 1.165) is 0 Å². The molecule has 3 rings (SSSR count). The third-order valence-electron chi connectivity index (χ3n) is 4.78. The summed E-state index contributed by atoms with van der Waals surface area (Å²) in [4.78, 5) is 22.2. The topological polar surface area (TPSA) is 88.6 Å². The Bertz CT molecular complexity index is 725. The summed E-state index contributed by atoms with van der Waals surface area (Å²) >= 11 is 0. The number of likely N-dealkylation sites (tertiary alicyclic amines) is 1. The lowest BCUT2D eigenvalue weighted by atomic mass is 9.92. The summed E-state index contributed by atoms with van der Waals surface area (Å²) in [6.45, 7) is 6.28. The third-order valence-corrected chi connectivity index (χ3v) is 4.78. The fourth-order valence-electron chi connectivity index (χ4n) is 3.22. The number of nitrogens with one attached hydrogen (secondary N) is 2. The average molecular weight is 413 g/mol. The van der Waals surface area contributed by atoms with Gasteiger partial charge in [0.2, 0.25) is 17.8 Å². The molecule has 2 heterocycles. The Morgan fingerprint density at radius 2 is 1.90 bits per heavy atom. The van der Waals surface area contributed by atoms with E-state index in [1.54, 1.807) is 18.0 Å². The summed E-state index contributed by atoms with van der Waals surface area (Å²) in [7, 11) is 1.69. The maximum Gasteiger partial charge on any atom is 0.410 e. The number of carbonyl (C=O) groups excluding carboxylic acids is 1. The fraction of sp³-hybridized carbons (Fsp3) is 0.737. The van der Waals surface area contributed by atoms with Gasteiger partial charge in [-0.25, -0.2) is 13.6 Å².